The van der Waals surface area contributed by atoms with Gasteiger partial charge in [0.2, 0.25) is 0 Å². The molecular weight excluding hydrogens is 166 g/mol. The molecule has 0 aromatic carbocycles. The number of aliphatic hydroxyl groups excluding tert-OH is 1. The molecule has 0 aliphatic rings. The highest BCUT2D eigenvalue weighted by Gasteiger charge is 2.28. The molecule has 0 aromatic rings. The van der Waals surface area contributed by atoms with Gasteiger partial charge in [0, 0.05) is 25.7 Å². The van der Waals surface area contributed by atoms with E-state index in [0.717, 1.165) is 19.3 Å². The van der Waals surface area contributed by atoms with Crippen LogP contribution in [0, 0.1) is 5.41 Å². The lowest BCUT2D eigenvalue weighted by atomic mass is 9.79. The normalized spacial score (nSPS) is 18.2. The standard InChI is InChI=1S/C10H23NO2/c1-4-5-10(7-11,8-12)6-9(2)13-3/h9,12H,4-8,11H2,1-3H3. The second-order valence-electron chi connectivity index (χ2n) is 3.86. The molecule has 13 heavy (non-hydrogen) atoms. The van der Waals surface area contributed by atoms with Gasteiger partial charge in [-0.3, -0.25) is 0 Å². The molecule has 0 fully saturated rings. The zero-order valence-electron chi connectivity index (χ0n) is 9.05. The largest absolute Gasteiger partial charge is 0.396 e. The van der Waals surface area contributed by atoms with Gasteiger partial charge in [-0.25, -0.2) is 0 Å². The Bertz CT molecular complexity index is 124. The van der Waals surface area contributed by atoms with Crippen LogP contribution in [0.5, 0.6) is 0 Å². The second-order valence-corrected chi connectivity index (χ2v) is 3.86. The van der Waals surface area contributed by atoms with Gasteiger partial charge in [-0.2, -0.15) is 0 Å². The Hall–Kier alpha value is -0.120. The van der Waals surface area contributed by atoms with Crippen molar-refractivity contribution in [3.63, 3.8) is 0 Å². The van der Waals surface area contributed by atoms with Crippen LogP contribution in [0.25, 0.3) is 0 Å². The first-order chi connectivity index (χ1) is 6.14. The van der Waals surface area contributed by atoms with Crippen molar-refractivity contribution < 1.29 is 9.84 Å². The summed E-state index contributed by atoms with van der Waals surface area (Å²) in [4.78, 5) is 0. The fraction of sp³-hybridized carbons (Fsp3) is 1.00. The van der Waals surface area contributed by atoms with Crippen LogP contribution in [0.1, 0.15) is 33.1 Å². The molecule has 0 saturated heterocycles. The van der Waals surface area contributed by atoms with Crippen LogP contribution in [0.2, 0.25) is 0 Å². The Morgan fingerprint density at radius 3 is 2.46 bits per heavy atom. The first-order valence-electron chi connectivity index (χ1n) is 4.98. The van der Waals surface area contributed by atoms with Gasteiger partial charge in [0.05, 0.1) is 6.10 Å². The molecular formula is C10H23NO2. The number of aliphatic hydroxyl groups is 1. The van der Waals surface area contributed by atoms with Crippen molar-refractivity contribution in [2.45, 2.75) is 39.2 Å². The summed E-state index contributed by atoms with van der Waals surface area (Å²) in [7, 11) is 1.69. The van der Waals surface area contributed by atoms with Crippen molar-refractivity contribution in [1.82, 2.24) is 0 Å². The fourth-order valence-corrected chi connectivity index (χ4v) is 1.72. The van der Waals surface area contributed by atoms with Gasteiger partial charge in [0.25, 0.3) is 0 Å². The summed E-state index contributed by atoms with van der Waals surface area (Å²) < 4.78 is 5.19. The average molecular weight is 189 g/mol. The lowest BCUT2D eigenvalue weighted by molar-refractivity contribution is 0.0310. The fourth-order valence-electron chi connectivity index (χ4n) is 1.72. The highest BCUT2D eigenvalue weighted by atomic mass is 16.5. The van der Waals surface area contributed by atoms with Crippen molar-refractivity contribution in [2.24, 2.45) is 11.1 Å². The Morgan fingerprint density at radius 1 is 1.54 bits per heavy atom. The Kier molecular flexibility index (Phi) is 6.29. The zero-order valence-corrected chi connectivity index (χ0v) is 9.05. The van der Waals surface area contributed by atoms with Crippen molar-refractivity contribution in [2.75, 3.05) is 20.3 Å². The molecule has 0 rings (SSSR count). The summed E-state index contributed by atoms with van der Waals surface area (Å²) in [6.45, 7) is 4.81. The molecule has 3 nitrogen and oxygen atoms in total. The Morgan fingerprint density at radius 2 is 2.15 bits per heavy atom. The summed E-state index contributed by atoms with van der Waals surface area (Å²) >= 11 is 0. The molecule has 0 aliphatic carbocycles. The summed E-state index contributed by atoms with van der Waals surface area (Å²) in [5.41, 5.74) is 5.56. The number of methoxy groups -OCH3 is 1. The van der Waals surface area contributed by atoms with Gasteiger partial charge < -0.3 is 15.6 Å². The molecule has 3 N–H and O–H groups in total. The topological polar surface area (TPSA) is 55.5 Å². The molecule has 0 saturated carbocycles. The molecule has 0 aliphatic heterocycles. The molecule has 0 heterocycles. The first kappa shape index (κ1) is 12.9. The summed E-state index contributed by atoms with van der Waals surface area (Å²) in [5, 5.41) is 9.32. The lowest BCUT2D eigenvalue weighted by Crippen LogP contribution is -2.37. The predicted octanol–water partition coefficient (Wildman–Crippen LogP) is 1.15. The summed E-state index contributed by atoms with van der Waals surface area (Å²) in [6.07, 6.45) is 3.02. The van der Waals surface area contributed by atoms with Crippen LogP contribution in [0.3, 0.4) is 0 Å². The predicted molar refractivity (Wildman–Crippen MR) is 54.6 cm³/mol. The molecule has 0 aromatic heterocycles. The molecule has 0 spiro atoms. The number of hydrogen-bond acceptors (Lipinski definition) is 3. The quantitative estimate of drug-likeness (QED) is 0.631. The van der Waals surface area contributed by atoms with E-state index in [4.69, 9.17) is 10.5 Å². The molecule has 3 heteroatoms. The number of rotatable bonds is 7. The third kappa shape index (κ3) is 4.07. The molecule has 0 radical (unpaired) electrons. The average Bonchev–Trinajstić information content (AvgIpc) is 2.17. The van der Waals surface area contributed by atoms with Crippen molar-refractivity contribution in [3.05, 3.63) is 0 Å². The van der Waals surface area contributed by atoms with E-state index in [1.807, 2.05) is 6.92 Å². The van der Waals surface area contributed by atoms with Gasteiger partial charge in [-0.05, 0) is 19.8 Å². The van der Waals surface area contributed by atoms with Gasteiger partial charge in [0.1, 0.15) is 0 Å². The Balaban J connectivity index is 4.19. The SMILES string of the molecule is CCCC(CN)(CO)CC(C)OC. The van der Waals surface area contributed by atoms with E-state index < -0.39 is 0 Å². The maximum Gasteiger partial charge on any atom is 0.0549 e. The molecule has 0 amide bonds. The molecule has 0 bridgehead atoms. The van der Waals surface area contributed by atoms with Gasteiger partial charge in [-0.1, -0.05) is 13.3 Å². The summed E-state index contributed by atoms with van der Waals surface area (Å²) in [5.74, 6) is 0. The Labute approximate surface area is 81.3 Å². The van der Waals surface area contributed by atoms with E-state index in [-0.39, 0.29) is 18.1 Å². The first-order valence-corrected chi connectivity index (χ1v) is 4.98. The van der Waals surface area contributed by atoms with Crippen molar-refractivity contribution in [3.8, 4) is 0 Å². The van der Waals surface area contributed by atoms with Crippen molar-refractivity contribution in [1.29, 1.82) is 0 Å². The number of hydrogen-bond donors (Lipinski definition) is 2. The third-order valence-corrected chi connectivity index (χ3v) is 2.67. The van der Waals surface area contributed by atoms with E-state index in [1.54, 1.807) is 7.11 Å². The minimum Gasteiger partial charge on any atom is -0.396 e. The van der Waals surface area contributed by atoms with E-state index in [2.05, 4.69) is 6.92 Å². The maximum absolute atomic E-state index is 9.32. The molecule has 2 atom stereocenters. The monoisotopic (exact) mass is 189 g/mol. The third-order valence-electron chi connectivity index (χ3n) is 2.67. The van der Waals surface area contributed by atoms with Crippen LogP contribution in [-0.2, 0) is 4.74 Å². The van der Waals surface area contributed by atoms with E-state index in [0.29, 0.717) is 6.54 Å². The maximum atomic E-state index is 9.32. The minimum absolute atomic E-state index is 0.135. The second kappa shape index (κ2) is 6.35. The molecule has 2 unspecified atom stereocenters. The smallest absolute Gasteiger partial charge is 0.0549 e. The van der Waals surface area contributed by atoms with Crippen LogP contribution < -0.4 is 5.73 Å². The number of ether oxygens (including phenoxy) is 1. The zero-order chi connectivity index (χ0) is 10.3. The van der Waals surface area contributed by atoms with Crippen molar-refractivity contribution >= 4 is 0 Å². The van der Waals surface area contributed by atoms with Gasteiger partial charge in [0.15, 0.2) is 0 Å². The van der Waals surface area contributed by atoms with E-state index in [9.17, 15) is 5.11 Å². The molecule has 80 valence electrons. The van der Waals surface area contributed by atoms with Crippen LogP contribution in [-0.4, -0.2) is 31.5 Å². The summed E-state index contributed by atoms with van der Waals surface area (Å²) in [6, 6.07) is 0. The van der Waals surface area contributed by atoms with E-state index >= 15 is 0 Å². The highest BCUT2D eigenvalue weighted by molar-refractivity contribution is 4.81. The number of nitrogens with two attached hydrogens (primary N) is 1. The lowest BCUT2D eigenvalue weighted by Gasteiger charge is -2.32. The minimum atomic E-state index is -0.135. The van der Waals surface area contributed by atoms with Gasteiger partial charge in [-0.15, -0.1) is 0 Å². The van der Waals surface area contributed by atoms with Crippen LogP contribution in [0.15, 0.2) is 0 Å². The van der Waals surface area contributed by atoms with E-state index in [1.165, 1.54) is 0 Å². The highest BCUT2D eigenvalue weighted by Crippen LogP contribution is 2.28. The van der Waals surface area contributed by atoms with Crippen LogP contribution in [0.4, 0.5) is 0 Å². The van der Waals surface area contributed by atoms with Crippen LogP contribution >= 0.6 is 0 Å². The van der Waals surface area contributed by atoms with Gasteiger partial charge >= 0.3 is 0 Å².